The van der Waals surface area contributed by atoms with Crippen LogP contribution in [-0.2, 0) is 18.3 Å². The van der Waals surface area contributed by atoms with Gasteiger partial charge in [-0.25, -0.2) is 23.9 Å². The van der Waals surface area contributed by atoms with E-state index in [9.17, 15) is 24.7 Å². The number of fused-ring (bicyclic) bond motifs is 2. The van der Waals surface area contributed by atoms with Gasteiger partial charge in [-0.3, -0.25) is 28.0 Å². The Hall–Kier alpha value is -2.59. The molecule has 2 saturated heterocycles. The minimum absolute atomic E-state index is 0.0402. The van der Waals surface area contributed by atoms with Gasteiger partial charge in [-0.1, -0.05) is 12.2 Å². The van der Waals surface area contributed by atoms with Gasteiger partial charge in [0.15, 0.2) is 29.4 Å². The predicted molar refractivity (Wildman–Crippen MR) is 149 cm³/mol. The largest absolute Gasteiger partial charge is 0.395 e. The number of thiol groups is 1. The van der Waals surface area contributed by atoms with Crippen LogP contribution < -0.4 is 22.3 Å². The number of nitrogens with two attached hydrogens (primary N) is 2. The zero-order valence-electron chi connectivity index (χ0n) is 21.2. The number of imidazole rings is 2. The fraction of sp³-hybridized carbons (Fsp3) is 0.550. The number of aliphatic hydroxyl groups is 3. The molecule has 3 aliphatic heterocycles. The Morgan fingerprint density at radius 3 is 2.79 bits per heavy atom. The minimum Gasteiger partial charge on any atom is -0.395 e. The lowest BCUT2D eigenvalue weighted by Gasteiger charge is -2.26. The molecule has 0 aromatic carbocycles. The van der Waals surface area contributed by atoms with E-state index in [-0.39, 0.29) is 22.9 Å². The highest BCUT2D eigenvalue weighted by Gasteiger charge is 2.50. The summed E-state index contributed by atoms with van der Waals surface area (Å²) in [5.74, 6) is 0.0626. The maximum atomic E-state index is 15.1. The van der Waals surface area contributed by atoms with Crippen molar-refractivity contribution in [3.63, 3.8) is 0 Å². The second kappa shape index (κ2) is 11.2. The molecule has 22 heteroatoms. The summed E-state index contributed by atoms with van der Waals surface area (Å²) in [5.41, 5.74) is 11.4. The molecule has 10 atom stereocenters. The van der Waals surface area contributed by atoms with Crippen LogP contribution >= 0.6 is 30.8 Å². The highest BCUT2D eigenvalue weighted by Crippen LogP contribution is 2.59. The number of hydrogen-bond donors (Lipinski definition) is 8. The van der Waals surface area contributed by atoms with Gasteiger partial charge < -0.3 is 36.8 Å². The maximum absolute atomic E-state index is 15.1. The summed E-state index contributed by atoms with van der Waals surface area (Å²) in [7, 11) is 0. The molecule has 0 amide bonds. The van der Waals surface area contributed by atoms with Crippen molar-refractivity contribution in [1.82, 2.24) is 34.4 Å². The number of aliphatic hydroxyl groups excluding tert-OH is 3. The van der Waals surface area contributed by atoms with Crippen molar-refractivity contribution in [2.24, 2.45) is 10.7 Å². The van der Waals surface area contributed by atoms with Gasteiger partial charge in [0.2, 0.25) is 5.95 Å². The van der Waals surface area contributed by atoms with E-state index in [1.165, 1.54) is 28.1 Å². The number of hydrogen-bond acceptors (Lipinski definition) is 16. The van der Waals surface area contributed by atoms with E-state index in [0.717, 1.165) is 11.8 Å². The summed E-state index contributed by atoms with van der Waals surface area (Å²) < 4.78 is 47.8. The topological polar surface area (TPSA) is 263 Å². The number of rotatable bonds is 8. The van der Waals surface area contributed by atoms with Crippen LogP contribution in [0.4, 0.5) is 16.2 Å². The highest BCUT2D eigenvalue weighted by molar-refractivity contribution is 8.44. The summed E-state index contributed by atoms with van der Waals surface area (Å²) in [6.45, 7) is -5.40. The van der Waals surface area contributed by atoms with E-state index in [4.69, 9.17) is 25.3 Å². The van der Waals surface area contributed by atoms with Crippen LogP contribution in [0.3, 0.4) is 0 Å². The third-order valence-corrected chi connectivity index (χ3v) is 10.1. The number of aromatic amines is 1. The van der Waals surface area contributed by atoms with Gasteiger partial charge in [-0.15, -0.1) is 11.8 Å². The van der Waals surface area contributed by atoms with Crippen LogP contribution in [0.15, 0.2) is 22.4 Å². The quantitative estimate of drug-likeness (QED) is 0.106. The number of aliphatic imine (C=N–C) groups is 1. The van der Waals surface area contributed by atoms with Gasteiger partial charge in [0.1, 0.15) is 35.5 Å². The average Bonchev–Trinajstić information content (AvgIpc) is 3.69. The lowest BCUT2D eigenvalue weighted by Crippen LogP contribution is -2.35. The number of aromatic nitrogens is 6. The number of nitrogen functional groups attached to an aromatic ring is 1. The number of anilines is 1. The zero-order chi connectivity index (χ0) is 29.9. The van der Waals surface area contributed by atoms with Crippen LogP contribution in [0.5, 0.6) is 0 Å². The van der Waals surface area contributed by atoms with Crippen molar-refractivity contribution in [3.05, 3.63) is 28.7 Å². The molecule has 18 nitrogen and oxygen atoms in total. The molecule has 1 unspecified atom stereocenters. The van der Waals surface area contributed by atoms with Gasteiger partial charge in [0.25, 0.3) is 5.56 Å². The van der Waals surface area contributed by atoms with Crippen LogP contribution in [-0.4, -0.2) is 99.8 Å². The molecule has 3 aromatic rings. The number of thioether (sulfide) groups is 1. The first-order chi connectivity index (χ1) is 20.0. The van der Waals surface area contributed by atoms with E-state index < -0.39 is 79.2 Å². The number of halogens is 1. The first-order valence-corrected chi connectivity index (χ1v) is 16.0. The molecule has 228 valence electrons. The molecule has 0 spiro atoms. The zero-order valence-corrected chi connectivity index (χ0v) is 23.8. The SMILES string of the molecule is Nc1nc2c(ncn2[C@@H]2S[C@H](CO)[C@@H](O)[C@H]2O[P@](=O)(S)OC[C@H]2O[C@@H](n3cnc4c3N=CNC4N)[C@@H](F)[C@@H]2O)c(=O)[nH]1. The van der Waals surface area contributed by atoms with E-state index in [1.54, 1.807) is 0 Å². The molecule has 2 fully saturated rings. The molecule has 3 aliphatic rings. The Kier molecular flexibility index (Phi) is 7.83. The fourth-order valence-corrected chi connectivity index (χ4v) is 7.89. The smallest absolute Gasteiger partial charge is 0.386 e. The Morgan fingerprint density at radius 2 is 2.02 bits per heavy atom. The van der Waals surface area contributed by atoms with Crippen molar-refractivity contribution in [3.8, 4) is 0 Å². The van der Waals surface area contributed by atoms with Crippen LogP contribution in [0.1, 0.15) is 23.5 Å². The summed E-state index contributed by atoms with van der Waals surface area (Å²) in [4.78, 5) is 30.9. The highest BCUT2D eigenvalue weighted by atomic mass is 32.7. The van der Waals surface area contributed by atoms with Crippen molar-refractivity contribution >= 4 is 60.1 Å². The Balaban J connectivity index is 1.18. The van der Waals surface area contributed by atoms with E-state index >= 15 is 4.39 Å². The van der Waals surface area contributed by atoms with Crippen molar-refractivity contribution in [1.29, 1.82) is 0 Å². The third-order valence-electron chi connectivity index (χ3n) is 6.97. The van der Waals surface area contributed by atoms with Crippen molar-refractivity contribution in [2.75, 3.05) is 18.9 Å². The molecule has 6 heterocycles. The van der Waals surface area contributed by atoms with Gasteiger partial charge in [0.05, 0.1) is 43.6 Å². The van der Waals surface area contributed by atoms with Gasteiger partial charge >= 0.3 is 6.80 Å². The molecule has 0 aliphatic carbocycles. The van der Waals surface area contributed by atoms with E-state index in [0.29, 0.717) is 5.69 Å². The molecule has 0 saturated carbocycles. The number of alkyl halides is 1. The third kappa shape index (κ3) is 5.12. The normalized spacial score (nSPS) is 34.0. The number of ether oxygens (including phenoxy) is 1. The molecule has 3 aromatic heterocycles. The first kappa shape index (κ1) is 29.5. The molecule has 9 N–H and O–H groups in total. The lowest BCUT2D eigenvalue weighted by molar-refractivity contribution is -0.0463. The minimum atomic E-state index is -4.33. The van der Waals surface area contributed by atoms with Crippen LogP contribution in [0.2, 0.25) is 0 Å². The predicted octanol–water partition coefficient (Wildman–Crippen LogP) is -1.18. The van der Waals surface area contributed by atoms with Gasteiger partial charge in [-0.05, 0) is 0 Å². The summed E-state index contributed by atoms with van der Waals surface area (Å²) in [6, 6.07) is 0. The van der Waals surface area contributed by atoms with E-state index in [1.807, 2.05) is 0 Å². The molecule has 6 rings (SSSR count). The Morgan fingerprint density at radius 1 is 1.26 bits per heavy atom. The molecule has 42 heavy (non-hydrogen) atoms. The molecule has 0 bridgehead atoms. The fourth-order valence-electron chi connectivity index (χ4n) is 4.92. The van der Waals surface area contributed by atoms with Crippen molar-refractivity contribution < 1.29 is 38.1 Å². The van der Waals surface area contributed by atoms with E-state index in [2.05, 4.69) is 42.5 Å². The molecular formula is C20H26FN10O8PS2. The monoisotopic (exact) mass is 648 g/mol. The molecular weight excluding hydrogens is 622 g/mol. The maximum Gasteiger partial charge on any atom is 0.386 e. The summed E-state index contributed by atoms with van der Waals surface area (Å²) in [6.07, 6.45) is -5.72. The summed E-state index contributed by atoms with van der Waals surface area (Å²) >= 11 is 5.07. The van der Waals surface area contributed by atoms with Gasteiger partial charge in [0, 0.05) is 0 Å². The van der Waals surface area contributed by atoms with Crippen LogP contribution in [0, 0.1) is 0 Å². The van der Waals surface area contributed by atoms with Gasteiger partial charge in [-0.2, -0.15) is 4.98 Å². The number of H-pyrrole nitrogens is 1. The first-order valence-electron chi connectivity index (χ1n) is 12.4. The van der Waals surface area contributed by atoms with Crippen LogP contribution in [0.25, 0.3) is 11.2 Å². The number of nitrogens with zero attached hydrogens (tertiary/aromatic N) is 6. The second-order valence-electron chi connectivity index (χ2n) is 9.61. The lowest BCUT2D eigenvalue weighted by atomic mass is 10.1. The summed E-state index contributed by atoms with van der Waals surface area (Å²) in [5, 5.41) is 32.2. The molecule has 0 radical (unpaired) electrons. The Labute approximate surface area is 244 Å². The average molecular weight is 649 g/mol. The standard InChI is InChI=1S/C20H26FN10O8PS2/c21-8-11(33)6(38-18(8)30-4-26-9-14(22)24-3-25-15(9)30)2-37-40(36,41)39-13-12(34)7(1-32)42-19(13)31-5-27-10-16(31)28-20(23)29-17(10)35/h3-8,11-14,18-19,32-34H,1-2,22H2,(H,24,25)(H,36,41)(H3,23,28,29,35)/t6-,7-,8+,11-,12-,13-,14?,18-,19-,40-/m1/s1. The number of nitrogens with one attached hydrogen (secondary N) is 2. The second-order valence-corrected chi connectivity index (χ2v) is 13.8. The van der Waals surface area contributed by atoms with Crippen molar-refractivity contribution in [2.45, 2.75) is 53.6 Å². The Bertz CT molecular complexity index is 1620.